The van der Waals surface area contributed by atoms with E-state index in [1.807, 2.05) is 30.5 Å². The Balaban J connectivity index is 1.31. The molecule has 7 nitrogen and oxygen atoms in total. The van der Waals surface area contributed by atoms with E-state index in [0.29, 0.717) is 16.6 Å². The number of benzene rings is 2. The highest BCUT2D eigenvalue weighted by atomic mass is 32.2. The Morgan fingerprint density at radius 2 is 2.00 bits per heavy atom. The van der Waals surface area contributed by atoms with Gasteiger partial charge in [0.15, 0.2) is 20.1 Å². The number of aromatic nitrogens is 1. The standard InChI is InChI=1S/C22H24N4O3S4/c1-30-12-10-18-20(27)32-22(26-18)24-15-5-3-14(4-6-15)9-11-23-21-25-17-8-7-16(33(2,28)29)13-19(17)31-21/h3-8,13,18H,9-12H2,1-2H3,(H,23,25)(H,24,26)/t18-/m0/s1. The summed E-state index contributed by atoms with van der Waals surface area (Å²) in [6.07, 6.45) is 4.86. The molecule has 1 aliphatic heterocycles. The number of anilines is 1. The normalized spacial score (nSPS) is 17.6. The molecular formula is C22H24N4O3S4. The van der Waals surface area contributed by atoms with Gasteiger partial charge in [-0.15, -0.1) is 0 Å². The zero-order valence-corrected chi connectivity index (χ0v) is 21.5. The van der Waals surface area contributed by atoms with Gasteiger partial charge in [0.2, 0.25) is 5.12 Å². The lowest BCUT2D eigenvalue weighted by molar-refractivity contribution is -0.112. The number of nitrogens with one attached hydrogen (secondary N) is 2. The molecule has 2 aromatic carbocycles. The Morgan fingerprint density at radius 3 is 2.73 bits per heavy atom. The topological polar surface area (TPSA) is 101 Å². The summed E-state index contributed by atoms with van der Waals surface area (Å²) in [6.45, 7) is 0.704. The Labute approximate surface area is 205 Å². The van der Waals surface area contributed by atoms with Crippen LogP contribution in [0.5, 0.6) is 0 Å². The highest BCUT2D eigenvalue weighted by Gasteiger charge is 2.29. The van der Waals surface area contributed by atoms with Gasteiger partial charge in [-0.2, -0.15) is 11.8 Å². The van der Waals surface area contributed by atoms with Crippen LogP contribution in [0.25, 0.3) is 10.2 Å². The van der Waals surface area contributed by atoms with Crippen molar-refractivity contribution in [2.45, 2.75) is 23.8 Å². The van der Waals surface area contributed by atoms with Gasteiger partial charge in [-0.05, 0) is 72.5 Å². The van der Waals surface area contributed by atoms with Crippen molar-refractivity contribution in [3.63, 3.8) is 0 Å². The molecule has 2 N–H and O–H groups in total. The van der Waals surface area contributed by atoms with Gasteiger partial charge in [-0.1, -0.05) is 23.5 Å². The maximum Gasteiger partial charge on any atom is 0.218 e. The predicted octanol–water partition coefficient (Wildman–Crippen LogP) is 4.33. The summed E-state index contributed by atoms with van der Waals surface area (Å²) < 4.78 is 24.3. The van der Waals surface area contributed by atoms with Crippen LogP contribution in [0.15, 0.2) is 52.4 Å². The first-order chi connectivity index (χ1) is 15.8. The number of thioether (sulfide) groups is 2. The van der Waals surface area contributed by atoms with Crippen molar-refractivity contribution in [2.24, 2.45) is 4.99 Å². The molecule has 0 spiro atoms. The molecule has 0 amide bonds. The van der Waals surface area contributed by atoms with Crippen LogP contribution in [0.4, 0.5) is 10.8 Å². The van der Waals surface area contributed by atoms with Crippen molar-refractivity contribution in [3.8, 4) is 0 Å². The molecule has 0 bridgehead atoms. The van der Waals surface area contributed by atoms with Crippen molar-refractivity contribution in [3.05, 3.63) is 48.0 Å². The van der Waals surface area contributed by atoms with Crippen LogP contribution < -0.4 is 10.6 Å². The highest BCUT2D eigenvalue weighted by molar-refractivity contribution is 8.27. The van der Waals surface area contributed by atoms with Crippen molar-refractivity contribution in [1.29, 1.82) is 0 Å². The number of aliphatic imine (C=N–C) groups is 1. The molecule has 0 unspecified atom stereocenters. The number of sulfone groups is 1. The fourth-order valence-electron chi connectivity index (χ4n) is 3.26. The van der Waals surface area contributed by atoms with Crippen molar-refractivity contribution in [1.82, 2.24) is 10.3 Å². The van der Waals surface area contributed by atoms with Crippen LogP contribution in [0.1, 0.15) is 12.0 Å². The lowest BCUT2D eigenvalue weighted by atomic mass is 10.1. The molecule has 0 radical (unpaired) electrons. The van der Waals surface area contributed by atoms with Gasteiger partial charge in [0, 0.05) is 12.8 Å². The minimum absolute atomic E-state index is 0.132. The summed E-state index contributed by atoms with van der Waals surface area (Å²) in [7, 11) is -3.23. The van der Waals surface area contributed by atoms with Gasteiger partial charge in [0.1, 0.15) is 0 Å². The van der Waals surface area contributed by atoms with E-state index in [-0.39, 0.29) is 11.2 Å². The maximum absolute atomic E-state index is 12.1. The number of carbonyl (C=O) groups excluding carboxylic acids is 1. The molecule has 3 aromatic rings. The summed E-state index contributed by atoms with van der Waals surface area (Å²) in [6, 6.07) is 12.8. The Kier molecular flexibility index (Phi) is 7.62. The van der Waals surface area contributed by atoms with E-state index in [9.17, 15) is 13.2 Å². The van der Waals surface area contributed by atoms with E-state index in [1.54, 1.807) is 30.0 Å². The summed E-state index contributed by atoms with van der Waals surface area (Å²) >= 11 is 4.36. The van der Waals surface area contributed by atoms with E-state index >= 15 is 0 Å². The van der Waals surface area contributed by atoms with Crippen molar-refractivity contribution < 1.29 is 13.2 Å². The fourth-order valence-corrected chi connectivity index (χ4v) is 6.25. The third kappa shape index (κ3) is 6.28. The maximum atomic E-state index is 12.1. The number of hydrogen-bond donors (Lipinski definition) is 2. The van der Waals surface area contributed by atoms with Gasteiger partial charge >= 0.3 is 0 Å². The molecule has 2 heterocycles. The second-order valence-electron chi connectivity index (χ2n) is 7.58. The molecule has 0 saturated carbocycles. The number of fused-ring (bicyclic) bond motifs is 1. The lowest BCUT2D eigenvalue weighted by Crippen LogP contribution is -2.29. The van der Waals surface area contributed by atoms with Crippen molar-refractivity contribution >= 4 is 76.0 Å². The third-order valence-corrected chi connectivity index (χ3v) is 8.65. The van der Waals surface area contributed by atoms with E-state index in [0.717, 1.165) is 45.2 Å². The molecule has 11 heteroatoms. The van der Waals surface area contributed by atoms with Crippen LogP contribution in [0, 0.1) is 0 Å². The molecule has 0 aliphatic carbocycles. The largest absolute Gasteiger partial charge is 0.361 e. The second-order valence-corrected chi connectivity index (χ2v) is 12.6. The first kappa shape index (κ1) is 24.1. The van der Waals surface area contributed by atoms with Crippen LogP contribution in [-0.2, 0) is 21.1 Å². The molecule has 1 aromatic heterocycles. The number of thiazole rings is 1. The molecule has 1 aliphatic rings. The Morgan fingerprint density at radius 1 is 1.21 bits per heavy atom. The first-order valence-corrected chi connectivity index (χ1v) is 15.2. The molecule has 4 rings (SSSR count). The molecule has 1 saturated heterocycles. The van der Waals surface area contributed by atoms with Gasteiger partial charge in [-0.3, -0.25) is 4.79 Å². The van der Waals surface area contributed by atoms with Crippen LogP contribution >= 0.6 is 34.9 Å². The predicted molar refractivity (Wildman–Crippen MR) is 141 cm³/mol. The van der Waals surface area contributed by atoms with Gasteiger partial charge < -0.3 is 10.6 Å². The van der Waals surface area contributed by atoms with Crippen LogP contribution in [-0.4, -0.2) is 54.5 Å². The zero-order valence-electron chi connectivity index (χ0n) is 18.2. The van der Waals surface area contributed by atoms with Gasteiger partial charge in [0.05, 0.1) is 26.8 Å². The van der Waals surface area contributed by atoms with Crippen LogP contribution in [0.3, 0.4) is 0 Å². The van der Waals surface area contributed by atoms with E-state index in [4.69, 9.17) is 0 Å². The van der Waals surface area contributed by atoms with Crippen molar-refractivity contribution in [2.75, 3.05) is 30.1 Å². The quantitative estimate of drug-likeness (QED) is 0.430. The number of rotatable bonds is 9. The summed E-state index contributed by atoms with van der Waals surface area (Å²) in [4.78, 5) is 21.5. The average molecular weight is 521 g/mol. The highest BCUT2D eigenvalue weighted by Crippen LogP contribution is 2.28. The SMILES string of the molecule is CSCC[C@@H]1N/C(=N/c2ccc(CCNc3nc4ccc(S(C)(=O)=O)cc4s3)cc2)SC1=O. The van der Waals surface area contributed by atoms with E-state index < -0.39 is 9.84 Å². The average Bonchev–Trinajstić information content (AvgIpc) is 3.34. The number of nitrogens with zero attached hydrogens (tertiary/aromatic N) is 2. The summed E-state index contributed by atoms with van der Waals surface area (Å²) in [5.74, 6) is 0.943. The monoisotopic (exact) mass is 520 g/mol. The number of amidine groups is 1. The number of hydrogen-bond acceptors (Lipinski definition) is 9. The van der Waals surface area contributed by atoms with E-state index in [1.165, 1.54) is 29.4 Å². The minimum atomic E-state index is -3.23. The Bertz CT molecular complexity index is 1290. The molecule has 174 valence electrons. The minimum Gasteiger partial charge on any atom is -0.361 e. The van der Waals surface area contributed by atoms with Gasteiger partial charge in [0.25, 0.3) is 0 Å². The van der Waals surface area contributed by atoms with Crippen LogP contribution in [0.2, 0.25) is 0 Å². The molecule has 33 heavy (non-hydrogen) atoms. The summed E-state index contributed by atoms with van der Waals surface area (Å²) in [5.41, 5.74) is 2.76. The van der Waals surface area contributed by atoms with E-state index in [2.05, 4.69) is 20.6 Å². The smallest absolute Gasteiger partial charge is 0.218 e. The number of carbonyl (C=O) groups is 1. The zero-order chi connectivity index (χ0) is 23.4. The summed E-state index contributed by atoms with van der Waals surface area (Å²) in [5, 5.41) is 8.10. The molecule has 1 atom stereocenters. The first-order valence-electron chi connectivity index (χ1n) is 10.3. The van der Waals surface area contributed by atoms with Gasteiger partial charge in [-0.25, -0.2) is 18.4 Å². The third-order valence-electron chi connectivity index (χ3n) is 5.04. The second kappa shape index (κ2) is 10.5. The molecule has 1 fully saturated rings. The fraction of sp³-hybridized carbons (Fsp3) is 0.318. The molecular weight excluding hydrogens is 497 g/mol. The Hall–Kier alpha value is -2.08. The lowest BCUT2D eigenvalue weighted by Gasteiger charge is -2.06.